The molecular formula is C25H29NO. The maximum Gasteiger partial charge on any atom is 0.119 e. The zero-order valence-corrected chi connectivity index (χ0v) is 16.3. The van der Waals surface area contributed by atoms with Gasteiger partial charge in [-0.1, -0.05) is 62.9 Å². The smallest absolute Gasteiger partial charge is 0.119 e. The summed E-state index contributed by atoms with van der Waals surface area (Å²) in [5.74, 6) is 1.02. The van der Waals surface area contributed by atoms with Crippen molar-refractivity contribution < 1.29 is 4.74 Å². The molecule has 0 radical (unpaired) electrons. The SMILES string of the molecule is CCCCCCCOc1ccc2c(c1)CCc1c(-c3ccccc3)c[nH]c1-2. The molecule has 0 saturated heterocycles. The second kappa shape index (κ2) is 8.47. The number of unbranched alkanes of at least 4 members (excludes halogenated alkanes) is 4. The number of H-pyrrole nitrogens is 1. The van der Waals surface area contributed by atoms with Crippen LogP contribution in [0.4, 0.5) is 0 Å². The lowest BCUT2D eigenvalue weighted by atomic mass is 9.87. The van der Waals surface area contributed by atoms with Gasteiger partial charge < -0.3 is 9.72 Å². The quantitative estimate of drug-likeness (QED) is 0.440. The Kier molecular flexibility index (Phi) is 5.62. The van der Waals surface area contributed by atoms with Crippen molar-refractivity contribution in [2.24, 2.45) is 0 Å². The van der Waals surface area contributed by atoms with Gasteiger partial charge in [0.1, 0.15) is 5.75 Å². The van der Waals surface area contributed by atoms with Crippen LogP contribution in [-0.4, -0.2) is 11.6 Å². The summed E-state index contributed by atoms with van der Waals surface area (Å²) in [6.07, 6.45) is 10.7. The fraction of sp³-hybridized carbons (Fsp3) is 0.360. The topological polar surface area (TPSA) is 25.0 Å². The zero-order valence-electron chi connectivity index (χ0n) is 16.3. The van der Waals surface area contributed by atoms with E-state index < -0.39 is 0 Å². The molecule has 1 aliphatic carbocycles. The van der Waals surface area contributed by atoms with Crippen molar-refractivity contribution in [2.45, 2.75) is 51.9 Å². The number of aromatic amines is 1. The zero-order chi connectivity index (χ0) is 18.5. The molecule has 1 N–H and O–H groups in total. The van der Waals surface area contributed by atoms with E-state index in [4.69, 9.17) is 4.74 Å². The highest BCUT2D eigenvalue weighted by molar-refractivity contribution is 5.80. The van der Waals surface area contributed by atoms with Gasteiger partial charge in [0.25, 0.3) is 0 Å². The Morgan fingerprint density at radius 1 is 0.889 bits per heavy atom. The molecule has 2 heteroatoms. The Hall–Kier alpha value is -2.48. The van der Waals surface area contributed by atoms with Gasteiger partial charge in [0.05, 0.1) is 6.61 Å². The first-order valence-corrected chi connectivity index (χ1v) is 10.4. The Balaban J connectivity index is 1.47. The fourth-order valence-electron chi connectivity index (χ4n) is 4.09. The summed E-state index contributed by atoms with van der Waals surface area (Å²) in [4.78, 5) is 3.53. The molecule has 1 aliphatic rings. The third-order valence-electron chi connectivity index (χ3n) is 5.58. The molecule has 2 aromatic carbocycles. The molecular weight excluding hydrogens is 330 g/mol. The van der Waals surface area contributed by atoms with Crippen molar-refractivity contribution >= 4 is 0 Å². The first-order valence-electron chi connectivity index (χ1n) is 10.4. The van der Waals surface area contributed by atoms with Gasteiger partial charge in [-0.15, -0.1) is 0 Å². The van der Waals surface area contributed by atoms with Crippen LogP contribution >= 0.6 is 0 Å². The Bertz CT molecular complexity index is 879. The minimum Gasteiger partial charge on any atom is -0.494 e. The molecule has 0 spiro atoms. The maximum absolute atomic E-state index is 6.00. The molecule has 2 nitrogen and oxygen atoms in total. The molecule has 27 heavy (non-hydrogen) atoms. The van der Waals surface area contributed by atoms with Crippen LogP contribution in [0.1, 0.15) is 50.2 Å². The average Bonchev–Trinajstić information content (AvgIpc) is 3.15. The van der Waals surface area contributed by atoms with E-state index in [0.717, 1.165) is 31.6 Å². The monoisotopic (exact) mass is 359 g/mol. The number of fused-ring (bicyclic) bond motifs is 3. The molecule has 0 amide bonds. The lowest BCUT2D eigenvalue weighted by molar-refractivity contribution is 0.304. The number of rotatable bonds is 8. The van der Waals surface area contributed by atoms with Crippen molar-refractivity contribution in [3.8, 4) is 28.1 Å². The highest BCUT2D eigenvalue weighted by Gasteiger charge is 2.21. The van der Waals surface area contributed by atoms with Gasteiger partial charge in [0, 0.05) is 23.0 Å². The van der Waals surface area contributed by atoms with E-state index in [9.17, 15) is 0 Å². The minimum atomic E-state index is 0.828. The van der Waals surface area contributed by atoms with E-state index in [-0.39, 0.29) is 0 Å². The van der Waals surface area contributed by atoms with Gasteiger partial charge in [-0.05, 0) is 54.2 Å². The lowest BCUT2D eigenvalue weighted by Gasteiger charge is -2.19. The summed E-state index contributed by atoms with van der Waals surface area (Å²) in [6, 6.07) is 17.3. The fourth-order valence-corrected chi connectivity index (χ4v) is 4.09. The van der Waals surface area contributed by atoms with Gasteiger partial charge in [-0.2, -0.15) is 0 Å². The Morgan fingerprint density at radius 2 is 1.74 bits per heavy atom. The van der Waals surface area contributed by atoms with Crippen molar-refractivity contribution in [1.82, 2.24) is 4.98 Å². The average molecular weight is 360 g/mol. The molecule has 0 fully saturated rings. The van der Waals surface area contributed by atoms with Gasteiger partial charge >= 0.3 is 0 Å². The van der Waals surface area contributed by atoms with E-state index in [1.807, 2.05) is 0 Å². The summed E-state index contributed by atoms with van der Waals surface area (Å²) in [5.41, 5.74) is 8.07. The largest absolute Gasteiger partial charge is 0.494 e. The van der Waals surface area contributed by atoms with Gasteiger partial charge in [0.2, 0.25) is 0 Å². The minimum absolute atomic E-state index is 0.828. The van der Waals surface area contributed by atoms with Crippen LogP contribution in [0.3, 0.4) is 0 Å². The molecule has 140 valence electrons. The standard InChI is InChI=1S/C25H29NO/c1-2-3-4-5-9-16-27-21-13-15-22-20(17-21)12-14-23-24(18-26-25(22)23)19-10-7-6-8-11-19/h6-8,10-11,13,15,17-18,26H,2-5,9,12,14,16H2,1H3. The van der Waals surface area contributed by atoms with Crippen molar-refractivity contribution in [2.75, 3.05) is 6.61 Å². The maximum atomic E-state index is 6.00. The molecule has 0 atom stereocenters. The van der Waals surface area contributed by atoms with E-state index in [2.05, 4.69) is 66.6 Å². The van der Waals surface area contributed by atoms with Crippen molar-refractivity contribution in [3.63, 3.8) is 0 Å². The summed E-state index contributed by atoms with van der Waals surface area (Å²) in [7, 11) is 0. The van der Waals surface area contributed by atoms with Crippen LogP contribution in [0, 0.1) is 0 Å². The van der Waals surface area contributed by atoms with Crippen molar-refractivity contribution in [3.05, 3.63) is 65.9 Å². The van der Waals surface area contributed by atoms with Crippen LogP contribution in [0.2, 0.25) is 0 Å². The van der Waals surface area contributed by atoms with E-state index in [1.165, 1.54) is 59.2 Å². The first kappa shape index (κ1) is 17.9. The second-order valence-electron chi connectivity index (χ2n) is 7.50. The molecule has 0 aliphatic heterocycles. The van der Waals surface area contributed by atoms with Crippen LogP contribution in [0.5, 0.6) is 5.75 Å². The lowest BCUT2D eigenvalue weighted by Crippen LogP contribution is -2.05. The molecule has 0 bridgehead atoms. The number of benzene rings is 2. The molecule has 1 aromatic heterocycles. The third kappa shape index (κ3) is 3.95. The summed E-state index contributed by atoms with van der Waals surface area (Å²) in [6.45, 7) is 3.08. The Morgan fingerprint density at radius 3 is 2.59 bits per heavy atom. The highest BCUT2D eigenvalue weighted by Crippen LogP contribution is 2.39. The second-order valence-corrected chi connectivity index (χ2v) is 7.50. The number of nitrogens with one attached hydrogen (secondary N) is 1. The summed E-state index contributed by atoms with van der Waals surface area (Å²) < 4.78 is 6.00. The van der Waals surface area contributed by atoms with E-state index in [1.54, 1.807) is 0 Å². The molecule has 0 unspecified atom stereocenters. The highest BCUT2D eigenvalue weighted by atomic mass is 16.5. The number of hydrogen-bond acceptors (Lipinski definition) is 1. The van der Waals surface area contributed by atoms with Gasteiger partial charge in [-0.25, -0.2) is 0 Å². The molecule has 4 rings (SSSR count). The van der Waals surface area contributed by atoms with Crippen LogP contribution in [0.25, 0.3) is 22.4 Å². The predicted molar refractivity (Wildman–Crippen MR) is 113 cm³/mol. The normalized spacial score (nSPS) is 12.5. The van der Waals surface area contributed by atoms with E-state index >= 15 is 0 Å². The van der Waals surface area contributed by atoms with Crippen LogP contribution < -0.4 is 4.74 Å². The third-order valence-corrected chi connectivity index (χ3v) is 5.58. The number of aromatic nitrogens is 1. The summed E-state index contributed by atoms with van der Waals surface area (Å²) >= 11 is 0. The predicted octanol–water partition coefficient (Wildman–Crippen LogP) is 6.80. The first-order chi connectivity index (χ1) is 13.4. The van der Waals surface area contributed by atoms with Gasteiger partial charge in [0.15, 0.2) is 0 Å². The number of ether oxygens (including phenoxy) is 1. The van der Waals surface area contributed by atoms with Crippen LogP contribution in [-0.2, 0) is 12.8 Å². The number of hydrogen-bond donors (Lipinski definition) is 1. The summed E-state index contributed by atoms with van der Waals surface area (Å²) in [5, 5.41) is 0. The molecule has 3 aromatic rings. The van der Waals surface area contributed by atoms with Gasteiger partial charge in [-0.3, -0.25) is 0 Å². The Labute approximate surface area is 162 Å². The van der Waals surface area contributed by atoms with Crippen molar-refractivity contribution in [1.29, 1.82) is 0 Å². The van der Waals surface area contributed by atoms with Crippen LogP contribution in [0.15, 0.2) is 54.7 Å². The number of aryl methyl sites for hydroxylation is 1. The molecule has 1 heterocycles. The molecule has 0 saturated carbocycles. The van der Waals surface area contributed by atoms with E-state index in [0.29, 0.717) is 0 Å².